The van der Waals surface area contributed by atoms with Crippen LogP contribution in [0.4, 0.5) is 5.95 Å². The first-order chi connectivity index (χ1) is 15.4. The largest absolute Gasteiger partial charge is 0.352 e. The van der Waals surface area contributed by atoms with Gasteiger partial charge in [-0.1, -0.05) is 13.8 Å². The van der Waals surface area contributed by atoms with Crippen LogP contribution in [0.25, 0.3) is 11.1 Å². The number of hydrogen-bond acceptors (Lipinski definition) is 6. The molecule has 0 atom stereocenters. The molecule has 1 aliphatic heterocycles. The highest BCUT2D eigenvalue weighted by atomic mass is 16.2. The molecule has 1 saturated heterocycles. The minimum atomic E-state index is 0.00898. The number of aryl methyl sites for hydroxylation is 2. The Labute approximate surface area is 189 Å². The van der Waals surface area contributed by atoms with Gasteiger partial charge in [0.2, 0.25) is 11.9 Å². The van der Waals surface area contributed by atoms with E-state index in [0.29, 0.717) is 0 Å². The Kier molecular flexibility index (Phi) is 6.48. The molecule has 3 aromatic heterocycles. The summed E-state index contributed by atoms with van der Waals surface area (Å²) >= 11 is 0. The molecule has 8 heteroatoms. The normalized spacial score (nSPS) is 14.7. The maximum Gasteiger partial charge on any atom is 0.241 e. The highest BCUT2D eigenvalue weighted by Crippen LogP contribution is 2.29. The molecule has 0 spiro atoms. The third-order valence-corrected chi connectivity index (χ3v) is 5.88. The monoisotopic (exact) mass is 433 g/mol. The number of rotatable bonds is 6. The van der Waals surface area contributed by atoms with Crippen molar-refractivity contribution in [1.29, 1.82) is 0 Å². The van der Waals surface area contributed by atoms with Gasteiger partial charge in [-0.05, 0) is 56.4 Å². The fourth-order valence-corrected chi connectivity index (χ4v) is 4.20. The highest BCUT2D eigenvalue weighted by molar-refractivity contribution is 5.76. The van der Waals surface area contributed by atoms with Gasteiger partial charge in [-0.25, -0.2) is 9.97 Å². The zero-order valence-corrected chi connectivity index (χ0v) is 19.2. The van der Waals surface area contributed by atoms with Crippen LogP contribution in [0, 0.1) is 13.8 Å². The summed E-state index contributed by atoms with van der Waals surface area (Å²) in [4.78, 5) is 28.4. The lowest BCUT2D eigenvalue weighted by Gasteiger charge is -2.32. The van der Waals surface area contributed by atoms with E-state index < -0.39 is 0 Å². The van der Waals surface area contributed by atoms with Crippen molar-refractivity contribution in [3.8, 4) is 11.1 Å². The van der Waals surface area contributed by atoms with E-state index in [2.05, 4.69) is 39.1 Å². The van der Waals surface area contributed by atoms with Crippen LogP contribution in [0.3, 0.4) is 0 Å². The molecule has 1 aliphatic rings. The van der Waals surface area contributed by atoms with E-state index in [1.54, 1.807) is 17.1 Å². The molecule has 0 saturated carbocycles. The van der Waals surface area contributed by atoms with Crippen LogP contribution in [0.1, 0.15) is 49.7 Å². The van der Waals surface area contributed by atoms with E-state index in [0.717, 1.165) is 60.1 Å². The minimum absolute atomic E-state index is 0.00898. The molecule has 0 bridgehead atoms. The Morgan fingerprint density at radius 2 is 1.91 bits per heavy atom. The van der Waals surface area contributed by atoms with E-state index in [-0.39, 0.29) is 24.4 Å². The van der Waals surface area contributed by atoms with E-state index in [1.807, 2.05) is 38.2 Å². The molecule has 3 aromatic rings. The second-order valence-electron chi connectivity index (χ2n) is 8.77. The summed E-state index contributed by atoms with van der Waals surface area (Å²) in [5.41, 5.74) is 5.11. The minimum Gasteiger partial charge on any atom is -0.352 e. The van der Waals surface area contributed by atoms with Crippen molar-refractivity contribution < 1.29 is 4.79 Å². The summed E-state index contributed by atoms with van der Waals surface area (Å²) in [6.45, 7) is 10.1. The van der Waals surface area contributed by atoms with Crippen LogP contribution >= 0.6 is 0 Å². The molecular weight excluding hydrogens is 402 g/mol. The maximum atomic E-state index is 12.5. The fraction of sp³-hybridized carbons (Fsp3) is 0.458. The first-order valence-electron chi connectivity index (χ1n) is 11.2. The summed E-state index contributed by atoms with van der Waals surface area (Å²) in [6, 6.07) is 6.13. The van der Waals surface area contributed by atoms with E-state index in [9.17, 15) is 4.79 Å². The van der Waals surface area contributed by atoms with Crippen molar-refractivity contribution in [1.82, 2.24) is 30.0 Å². The first-order valence-corrected chi connectivity index (χ1v) is 11.2. The van der Waals surface area contributed by atoms with Gasteiger partial charge in [0, 0.05) is 49.0 Å². The fourth-order valence-electron chi connectivity index (χ4n) is 4.20. The molecule has 1 N–H and O–H groups in total. The Hall–Kier alpha value is -3.29. The van der Waals surface area contributed by atoms with Crippen molar-refractivity contribution in [3.63, 3.8) is 0 Å². The smallest absolute Gasteiger partial charge is 0.241 e. The number of amides is 1. The van der Waals surface area contributed by atoms with Gasteiger partial charge < -0.3 is 10.2 Å². The topological polar surface area (TPSA) is 88.8 Å². The lowest BCUT2D eigenvalue weighted by atomic mass is 10.00. The van der Waals surface area contributed by atoms with Crippen molar-refractivity contribution in [2.24, 2.45) is 0 Å². The van der Waals surface area contributed by atoms with Gasteiger partial charge >= 0.3 is 0 Å². The molecule has 1 fully saturated rings. The first kappa shape index (κ1) is 21.9. The van der Waals surface area contributed by atoms with Gasteiger partial charge in [-0.15, -0.1) is 0 Å². The van der Waals surface area contributed by atoms with Crippen molar-refractivity contribution in [3.05, 3.63) is 53.9 Å². The molecule has 0 unspecified atom stereocenters. The molecule has 32 heavy (non-hydrogen) atoms. The number of aromatic nitrogens is 5. The number of carbonyl (C=O) groups excluding carboxylic acids is 1. The summed E-state index contributed by atoms with van der Waals surface area (Å²) in [6.07, 6.45) is 7.25. The van der Waals surface area contributed by atoms with Gasteiger partial charge in [-0.2, -0.15) is 5.10 Å². The van der Waals surface area contributed by atoms with Crippen molar-refractivity contribution in [2.45, 2.75) is 59.0 Å². The number of hydrogen-bond donors (Lipinski definition) is 1. The maximum absolute atomic E-state index is 12.5. The summed E-state index contributed by atoms with van der Waals surface area (Å²) in [5, 5.41) is 7.54. The molecule has 4 rings (SSSR count). The molecular formula is C24H31N7O. The predicted molar refractivity (Wildman–Crippen MR) is 124 cm³/mol. The quantitative estimate of drug-likeness (QED) is 0.642. The Balaban J connectivity index is 1.38. The van der Waals surface area contributed by atoms with E-state index in [1.165, 1.54) is 0 Å². The van der Waals surface area contributed by atoms with Crippen LogP contribution in [-0.4, -0.2) is 49.8 Å². The Morgan fingerprint density at radius 3 is 2.53 bits per heavy atom. The number of piperidine rings is 1. The van der Waals surface area contributed by atoms with Gasteiger partial charge in [0.05, 0.1) is 11.4 Å². The Morgan fingerprint density at radius 1 is 1.19 bits per heavy atom. The standard InChI is InChI=1S/C24H31N7O/c1-16(2)23-21(19-5-9-25-10-6-19)14-26-24(28-23)30-11-7-20(8-12-30)27-22(32)15-31-18(4)13-17(3)29-31/h5-6,9-10,13-14,16,20H,7-8,11-12,15H2,1-4H3,(H,27,32). The second kappa shape index (κ2) is 9.46. The molecule has 0 aromatic carbocycles. The van der Waals surface area contributed by atoms with E-state index in [4.69, 9.17) is 4.98 Å². The average molecular weight is 434 g/mol. The van der Waals surface area contributed by atoms with Gasteiger partial charge in [-0.3, -0.25) is 14.5 Å². The summed E-state index contributed by atoms with van der Waals surface area (Å²) in [7, 11) is 0. The second-order valence-corrected chi connectivity index (χ2v) is 8.77. The third kappa shape index (κ3) is 4.95. The van der Waals surface area contributed by atoms with Crippen molar-refractivity contribution >= 4 is 11.9 Å². The number of carbonyl (C=O) groups is 1. The molecule has 168 valence electrons. The number of pyridine rings is 1. The van der Waals surface area contributed by atoms with Gasteiger partial charge in [0.15, 0.2) is 0 Å². The molecule has 1 amide bonds. The molecule has 4 heterocycles. The van der Waals surface area contributed by atoms with Crippen LogP contribution in [-0.2, 0) is 11.3 Å². The van der Waals surface area contributed by atoms with Gasteiger partial charge in [0.25, 0.3) is 0 Å². The number of anilines is 1. The van der Waals surface area contributed by atoms with Crippen LogP contribution in [0.15, 0.2) is 36.8 Å². The lowest BCUT2D eigenvalue weighted by Crippen LogP contribution is -2.46. The zero-order valence-electron chi connectivity index (χ0n) is 19.2. The number of nitrogens with one attached hydrogen (secondary N) is 1. The zero-order chi connectivity index (χ0) is 22.7. The number of nitrogens with zero attached hydrogens (tertiary/aromatic N) is 6. The Bertz CT molecular complexity index is 1070. The predicted octanol–water partition coefficient (Wildman–Crippen LogP) is 3.26. The molecule has 8 nitrogen and oxygen atoms in total. The van der Waals surface area contributed by atoms with Gasteiger partial charge in [0.1, 0.15) is 6.54 Å². The van der Waals surface area contributed by atoms with Crippen LogP contribution in [0.2, 0.25) is 0 Å². The third-order valence-electron chi connectivity index (χ3n) is 5.88. The molecule has 0 aliphatic carbocycles. The average Bonchev–Trinajstić information content (AvgIpc) is 3.10. The highest BCUT2D eigenvalue weighted by Gasteiger charge is 2.24. The lowest BCUT2D eigenvalue weighted by molar-refractivity contribution is -0.122. The molecule has 0 radical (unpaired) electrons. The SMILES string of the molecule is Cc1cc(C)n(CC(=O)NC2CCN(c3ncc(-c4ccncc4)c(C(C)C)n3)CC2)n1. The summed E-state index contributed by atoms with van der Waals surface area (Å²) in [5.74, 6) is 1.06. The van der Waals surface area contributed by atoms with E-state index >= 15 is 0 Å². The van der Waals surface area contributed by atoms with Crippen LogP contribution < -0.4 is 10.2 Å². The van der Waals surface area contributed by atoms with Crippen LogP contribution in [0.5, 0.6) is 0 Å². The summed E-state index contributed by atoms with van der Waals surface area (Å²) < 4.78 is 1.76. The van der Waals surface area contributed by atoms with Crippen molar-refractivity contribution in [2.75, 3.05) is 18.0 Å².